The van der Waals surface area contributed by atoms with Crippen molar-refractivity contribution in [2.45, 2.75) is 25.8 Å². The lowest BCUT2D eigenvalue weighted by molar-refractivity contribution is 0.625. The maximum Gasteiger partial charge on any atom is 0.198 e. The van der Waals surface area contributed by atoms with Crippen molar-refractivity contribution < 1.29 is 0 Å². The van der Waals surface area contributed by atoms with E-state index in [1.165, 1.54) is 24.1 Å². The van der Waals surface area contributed by atoms with Crippen LogP contribution in [0.15, 0.2) is 0 Å². The standard InChI is InChI=1S/C11H16N4S/c16-11-14-9-3-4-12-6-8(9)10(15-11)13-5-7-1-2-7/h7,12H,1-6H2,(H2,13,14,15,16). The quantitative estimate of drug-likeness (QED) is 0.698. The summed E-state index contributed by atoms with van der Waals surface area (Å²) in [5.41, 5.74) is 2.51. The van der Waals surface area contributed by atoms with Crippen LogP contribution < -0.4 is 10.6 Å². The van der Waals surface area contributed by atoms with Crippen molar-refractivity contribution in [2.24, 2.45) is 5.92 Å². The highest BCUT2D eigenvalue weighted by molar-refractivity contribution is 7.71. The third kappa shape index (κ3) is 2.10. The van der Waals surface area contributed by atoms with Crippen LogP contribution in [0.5, 0.6) is 0 Å². The fourth-order valence-corrected chi connectivity index (χ4v) is 2.30. The monoisotopic (exact) mass is 236 g/mol. The predicted molar refractivity (Wildman–Crippen MR) is 66.0 cm³/mol. The van der Waals surface area contributed by atoms with Gasteiger partial charge in [0.05, 0.1) is 0 Å². The van der Waals surface area contributed by atoms with Gasteiger partial charge in [-0.2, -0.15) is 0 Å². The van der Waals surface area contributed by atoms with E-state index in [0.29, 0.717) is 4.77 Å². The fraction of sp³-hybridized carbons (Fsp3) is 0.636. The van der Waals surface area contributed by atoms with E-state index in [9.17, 15) is 0 Å². The highest BCUT2D eigenvalue weighted by Gasteiger charge is 2.22. The third-order valence-electron chi connectivity index (χ3n) is 3.23. The van der Waals surface area contributed by atoms with Crippen molar-refractivity contribution in [3.63, 3.8) is 0 Å². The van der Waals surface area contributed by atoms with Crippen molar-refractivity contribution in [1.82, 2.24) is 15.3 Å². The van der Waals surface area contributed by atoms with Crippen LogP contribution in [0.25, 0.3) is 0 Å². The van der Waals surface area contributed by atoms with Crippen molar-refractivity contribution >= 4 is 18.0 Å². The van der Waals surface area contributed by atoms with Gasteiger partial charge in [-0.1, -0.05) is 0 Å². The Balaban J connectivity index is 1.88. The van der Waals surface area contributed by atoms with Crippen LogP contribution in [-0.4, -0.2) is 23.1 Å². The fourth-order valence-electron chi connectivity index (χ4n) is 2.08. The summed E-state index contributed by atoms with van der Waals surface area (Å²) in [6.45, 7) is 2.95. The number of aromatic nitrogens is 2. The van der Waals surface area contributed by atoms with Crippen LogP contribution in [0.2, 0.25) is 0 Å². The first-order valence-corrected chi connectivity index (χ1v) is 6.30. The van der Waals surface area contributed by atoms with E-state index in [1.54, 1.807) is 0 Å². The van der Waals surface area contributed by atoms with Crippen LogP contribution in [0.4, 0.5) is 5.82 Å². The van der Waals surface area contributed by atoms with Gasteiger partial charge in [-0.3, -0.25) is 0 Å². The molecule has 86 valence electrons. The van der Waals surface area contributed by atoms with E-state index in [0.717, 1.165) is 37.8 Å². The number of fused-ring (bicyclic) bond motifs is 1. The van der Waals surface area contributed by atoms with Gasteiger partial charge in [-0.05, 0) is 31.0 Å². The minimum atomic E-state index is 0.596. The lowest BCUT2D eigenvalue weighted by atomic mass is 10.1. The molecule has 0 radical (unpaired) electrons. The number of hydrogen-bond acceptors (Lipinski definition) is 4. The number of hydrogen-bond donors (Lipinski definition) is 3. The molecule has 1 aliphatic heterocycles. The van der Waals surface area contributed by atoms with Crippen LogP contribution in [0, 0.1) is 10.7 Å². The molecule has 2 aliphatic rings. The molecule has 0 spiro atoms. The second-order valence-electron chi connectivity index (χ2n) is 4.60. The van der Waals surface area contributed by atoms with Gasteiger partial charge >= 0.3 is 0 Å². The highest BCUT2D eigenvalue weighted by atomic mass is 32.1. The van der Waals surface area contributed by atoms with Crippen LogP contribution in [-0.2, 0) is 13.0 Å². The van der Waals surface area contributed by atoms with Crippen molar-refractivity contribution in [3.05, 3.63) is 16.0 Å². The molecule has 5 heteroatoms. The number of nitrogens with zero attached hydrogens (tertiary/aromatic N) is 1. The molecule has 0 bridgehead atoms. The van der Waals surface area contributed by atoms with Gasteiger partial charge in [0.2, 0.25) is 0 Å². The predicted octanol–water partition coefficient (Wildman–Crippen LogP) is 1.61. The van der Waals surface area contributed by atoms with Crippen molar-refractivity contribution in [3.8, 4) is 0 Å². The van der Waals surface area contributed by atoms with Gasteiger partial charge < -0.3 is 15.6 Å². The summed E-state index contributed by atoms with van der Waals surface area (Å²) in [6.07, 6.45) is 3.72. The topological polar surface area (TPSA) is 52.7 Å². The number of aromatic amines is 1. The summed E-state index contributed by atoms with van der Waals surface area (Å²) < 4.78 is 0.596. The third-order valence-corrected chi connectivity index (χ3v) is 3.42. The number of H-pyrrole nitrogens is 1. The molecular weight excluding hydrogens is 220 g/mol. The van der Waals surface area contributed by atoms with Crippen LogP contribution in [0.1, 0.15) is 24.1 Å². The van der Waals surface area contributed by atoms with Gasteiger partial charge in [0.1, 0.15) is 5.82 Å². The molecule has 0 amide bonds. The Labute approximate surface area is 99.9 Å². The second kappa shape index (κ2) is 4.14. The molecule has 0 aromatic carbocycles. The molecule has 0 unspecified atom stereocenters. The number of nitrogens with one attached hydrogen (secondary N) is 3. The number of rotatable bonds is 3. The van der Waals surface area contributed by atoms with Gasteiger partial charge in [0.15, 0.2) is 4.77 Å². The first kappa shape index (κ1) is 10.2. The van der Waals surface area contributed by atoms with E-state index in [4.69, 9.17) is 12.2 Å². The minimum Gasteiger partial charge on any atom is -0.369 e. The Kier molecular flexibility index (Phi) is 2.65. The molecular formula is C11H16N4S. The van der Waals surface area contributed by atoms with Crippen molar-refractivity contribution in [2.75, 3.05) is 18.4 Å². The van der Waals surface area contributed by atoms with Crippen LogP contribution in [0.3, 0.4) is 0 Å². The zero-order valence-electron chi connectivity index (χ0n) is 9.18. The lowest BCUT2D eigenvalue weighted by Gasteiger charge is -2.19. The van der Waals surface area contributed by atoms with E-state index in [2.05, 4.69) is 20.6 Å². The Hall–Kier alpha value is -0.940. The molecule has 1 aromatic rings. The maximum absolute atomic E-state index is 5.15. The minimum absolute atomic E-state index is 0.596. The van der Waals surface area contributed by atoms with E-state index < -0.39 is 0 Å². The summed E-state index contributed by atoms with van der Waals surface area (Å²) in [6, 6.07) is 0. The smallest absolute Gasteiger partial charge is 0.198 e. The summed E-state index contributed by atoms with van der Waals surface area (Å²) in [5.74, 6) is 1.84. The lowest BCUT2D eigenvalue weighted by Crippen LogP contribution is -2.26. The Bertz CT molecular complexity index is 450. The summed E-state index contributed by atoms with van der Waals surface area (Å²) in [5, 5.41) is 6.81. The first-order chi connectivity index (χ1) is 7.83. The molecule has 0 atom stereocenters. The Morgan fingerprint density at radius 1 is 1.44 bits per heavy atom. The summed E-state index contributed by atoms with van der Waals surface area (Å²) >= 11 is 5.15. The zero-order chi connectivity index (χ0) is 11.0. The first-order valence-electron chi connectivity index (χ1n) is 5.89. The molecule has 3 N–H and O–H groups in total. The van der Waals surface area contributed by atoms with Gasteiger partial charge in [0.25, 0.3) is 0 Å². The van der Waals surface area contributed by atoms with Gasteiger partial charge in [-0.15, -0.1) is 0 Å². The Morgan fingerprint density at radius 3 is 3.12 bits per heavy atom. The molecule has 16 heavy (non-hydrogen) atoms. The number of anilines is 1. The maximum atomic E-state index is 5.15. The summed E-state index contributed by atoms with van der Waals surface area (Å²) in [7, 11) is 0. The van der Waals surface area contributed by atoms with Crippen LogP contribution >= 0.6 is 12.2 Å². The average molecular weight is 236 g/mol. The SMILES string of the molecule is S=c1nc(NCC2CC2)c2c([nH]1)CCNC2. The molecule has 2 heterocycles. The largest absolute Gasteiger partial charge is 0.369 e. The molecule has 4 nitrogen and oxygen atoms in total. The molecule has 1 fully saturated rings. The molecule has 1 saturated carbocycles. The van der Waals surface area contributed by atoms with E-state index >= 15 is 0 Å². The molecule has 3 rings (SSSR count). The van der Waals surface area contributed by atoms with Gasteiger partial charge in [0, 0.05) is 37.3 Å². The molecule has 1 aromatic heterocycles. The molecule has 0 saturated heterocycles. The normalized spacial score (nSPS) is 19.2. The van der Waals surface area contributed by atoms with E-state index in [-0.39, 0.29) is 0 Å². The summed E-state index contributed by atoms with van der Waals surface area (Å²) in [4.78, 5) is 7.59. The highest BCUT2D eigenvalue weighted by Crippen LogP contribution is 2.29. The average Bonchev–Trinajstić information content (AvgIpc) is 3.09. The molecule has 1 aliphatic carbocycles. The van der Waals surface area contributed by atoms with Gasteiger partial charge in [-0.25, -0.2) is 4.98 Å². The van der Waals surface area contributed by atoms with Crippen molar-refractivity contribution in [1.29, 1.82) is 0 Å². The Morgan fingerprint density at radius 2 is 2.31 bits per heavy atom. The second-order valence-corrected chi connectivity index (χ2v) is 4.99. The zero-order valence-corrected chi connectivity index (χ0v) is 9.99. The van der Waals surface area contributed by atoms with E-state index in [1.807, 2.05) is 0 Å².